The fourth-order valence-electron chi connectivity index (χ4n) is 3.50. The second kappa shape index (κ2) is 12.7. The van der Waals surface area contributed by atoms with Gasteiger partial charge in [0.15, 0.2) is 0 Å². The summed E-state index contributed by atoms with van der Waals surface area (Å²) in [7, 11) is 0. The van der Waals surface area contributed by atoms with Gasteiger partial charge in [0.1, 0.15) is 23.4 Å². The van der Waals surface area contributed by atoms with E-state index in [0.29, 0.717) is 11.1 Å². The summed E-state index contributed by atoms with van der Waals surface area (Å²) in [6.07, 6.45) is 0.573. The first-order valence-corrected chi connectivity index (χ1v) is 11.6. The fourth-order valence-corrected chi connectivity index (χ4v) is 3.50. The Labute approximate surface area is 211 Å². The van der Waals surface area contributed by atoms with Crippen LogP contribution in [0.5, 0.6) is 5.75 Å². The summed E-state index contributed by atoms with van der Waals surface area (Å²) < 4.78 is 5.21. The van der Waals surface area contributed by atoms with Crippen LogP contribution in [-0.4, -0.2) is 57.8 Å². The van der Waals surface area contributed by atoms with Crippen LogP contribution in [0.4, 0.5) is 4.79 Å². The van der Waals surface area contributed by atoms with Crippen molar-refractivity contribution >= 4 is 17.9 Å². The van der Waals surface area contributed by atoms with E-state index in [-0.39, 0.29) is 18.8 Å². The fraction of sp³-hybridized carbons (Fsp3) is 0.370. The summed E-state index contributed by atoms with van der Waals surface area (Å²) in [5.41, 5.74) is 1.02. The molecule has 0 aliphatic heterocycles. The zero-order valence-corrected chi connectivity index (χ0v) is 21.2. The number of aryl methyl sites for hydroxylation is 1. The molecule has 9 nitrogen and oxygen atoms in total. The number of nitrogens with one attached hydrogen (secondary N) is 2. The number of hydrogen-bond donors (Lipinski definition) is 4. The van der Waals surface area contributed by atoms with E-state index in [9.17, 15) is 24.6 Å². The number of alkyl carbamates (subject to hydrolysis) is 1. The molecule has 0 aliphatic carbocycles. The lowest BCUT2D eigenvalue weighted by molar-refractivity contribution is -0.142. The Bertz CT molecular complexity index is 1060. The van der Waals surface area contributed by atoms with Crippen LogP contribution in [0.2, 0.25) is 0 Å². The summed E-state index contributed by atoms with van der Waals surface area (Å²) in [6.45, 7) is 9.86. The van der Waals surface area contributed by atoms with Gasteiger partial charge in [0.05, 0.1) is 6.61 Å². The molecule has 3 amide bonds. The van der Waals surface area contributed by atoms with Crippen molar-refractivity contribution in [1.29, 1.82) is 0 Å². The highest BCUT2D eigenvalue weighted by molar-refractivity contribution is 5.92. The Morgan fingerprint density at radius 1 is 1.14 bits per heavy atom. The molecule has 4 N–H and O–H groups in total. The quantitative estimate of drug-likeness (QED) is 0.374. The molecule has 0 saturated carbocycles. The number of phenols is 1. The number of amides is 3. The number of nitrogens with zero attached hydrogens (tertiary/aromatic N) is 1. The zero-order valence-electron chi connectivity index (χ0n) is 21.2. The van der Waals surface area contributed by atoms with Gasteiger partial charge >= 0.3 is 6.09 Å². The molecule has 194 valence electrons. The van der Waals surface area contributed by atoms with Gasteiger partial charge in [-0.15, -0.1) is 6.58 Å². The summed E-state index contributed by atoms with van der Waals surface area (Å²) >= 11 is 0. The number of aromatic hydroxyl groups is 1. The summed E-state index contributed by atoms with van der Waals surface area (Å²) in [5, 5.41) is 25.1. The van der Waals surface area contributed by atoms with Gasteiger partial charge in [-0.1, -0.05) is 42.5 Å². The Morgan fingerprint density at radius 2 is 1.81 bits per heavy atom. The van der Waals surface area contributed by atoms with E-state index in [1.54, 1.807) is 39.8 Å². The molecular formula is C27H35N3O6. The van der Waals surface area contributed by atoms with Gasteiger partial charge in [-0.3, -0.25) is 9.59 Å². The molecule has 2 aromatic carbocycles. The Hall–Kier alpha value is -3.85. The van der Waals surface area contributed by atoms with Crippen LogP contribution in [0.3, 0.4) is 0 Å². The van der Waals surface area contributed by atoms with Crippen LogP contribution in [0, 0.1) is 6.92 Å². The average molecular weight is 498 g/mol. The minimum atomic E-state index is -1.36. The molecule has 0 aromatic heterocycles. The Morgan fingerprint density at radius 3 is 2.36 bits per heavy atom. The van der Waals surface area contributed by atoms with Gasteiger partial charge in [0.25, 0.3) is 0 Å². The summed E-state index contributed by atoms with van der Waals surface area (Å²) in [6, 6.07) is 11.4. The highest BCUT2D eigenvalue weighted by Crippen LogP contribution is 2.27. The molecule has 2 unspecified atom stereocenters. The van der Waals surface area contributed by atoms with Crippen LogP contribution < -0.4 is 10.6 Å². The smallest absolute Gasteiger partial charge is 0.408 e. The van der Waals surface area contributed by atoms with Crippen molar-refractivity contribution in [3.8, 4) is 5.75 Å². The number of phenolic OH excluding ortho intramolecular Hbond substituents is 1. The SMILES string of the molecule is C=CCN(C(=O)C(CO)NC(=O)OC(C)(C)C)C(C(=O)NCc1ccccc1)c1ccc(O)c(C)c1. The summed E-state index contributed by atoms with van der Waals surface area (Å²) in [4.78, 5) is 40.5. The second-order valence-corrected chi connectivity index (χ2v) is 9.31. The Kier molecular flexibility index (Phi) is 10.0. The first kappa shape index (κ1) is 28.4. The minimum absolute atomic E-state index is 0.0450. The number of benzene rings is 2. The zero-order chi connectivity index (χ0) is 26.9. The maximum absolute atomic E-state index is 13.5. The van der Waals surface area contributed by atoms with Crippen LogP contribution in [0.25, 0.3) is 0 Å². The number of ether oxygens (including phenoxy) is 1. The molecule has 0 aliphatic rings. The molecule has 0 heterocycles. The third-order valence-corrected chi connectivity index (χ3v) is 5.19. The van der Waals surface area contributed by atoms with E-state index < -0.39 is 42.2 Å². The Balaban J connectivity index is 2.40. The van der Waals surface area contributed by atoms with Crippen molar-refractivity contribution in [2.75, 3.05) is 13.2 Å². The van der Waals surface area contributed by atoms with E-state index in [2.05, 4.69) is 17.2 Å². The highest BCUT2D eigenvalue weighted by atomic mass is 16.6. The van der Waals surface area contributed by atoms with Crippen LogP contribution in [0.1, 0.15) is 43.5 Å². The number of hydrogen-bond acceptors (Lipinski definition) is 6. The second-order valence-electron chi connectivity index (χ2n) is 9.31. The van der Waals surface area contributed by atoms with Crippen LogP contribution >= 0.6 is 0 Å². The van der Waals surface area contributed by atoms with E-state index in [4.69, 9.17) is 4.74 Å². The maximum Gasteiger partial charge on any atom is 0.408 e. The molecule has 0 radical (unpaired) electrons. The molecule has 36 heavy (non-hydrogen) atoms. The number of aliphatic hydroxyl groups is 1. The molecule has 9 heteroatoms. The number of rotatable bonds is 10. The van der Waals surface area contributed by atoms with Crippen molar-refractivity contribution in [3.63, 3.8) is 0 Å². The largest absolute Gasteiger partial charge is 0.508 e. The number of aliphatic hydroxyl groups excluding tert-OH is 1. The molecule has 2 atom stereocenters. The van der Waals surface area contributed by atoms with Crippen LogP contribution in [0.15, 0.2) is 61.2 Å². The van der Waals surface area contributed by atoms with Gasteiger partial charge in [-0.2, -0.15) is 0 Å². The van der Waals surface area contributed by atoms with E-state index >= 15 is 0 Å². The third-order valence-electron chi connectivity index (χ3n) is 5.19. The van der Waals surface area contributed by atoms with Crippen molar-refractivity contribution in [2.45, 2.75) is 51.9 Å². The molecule has 0 saturated heterocycles. The summed E-state index contributed by atoms with van der Waals surface area (Å²) in [5.74, 6) is -1.13. The number of carbonyl (C=O) groups is 3. The number of carbonyl (C=O) groups excluding carboxylic acids is 3. The third kappa shape index (κ3) is 8.13. The molecule has 0 bridgehead atoms. The van der Waals surface area contributed by atoms with E-state index in [0.717, 1.165) is 5.56 Å². The van der Waals surface area contributed by atoms with Crippen molar-refractivity contribution in [2.24, 2.45) is 0 Å². The maximum atomic E-state index is 13.5. The molecule has 2 rings (SSSR count). The lowest BCUT2D eigenvalue weighted by Gasteiger charge is -2.33. The predicted octanol–water partition coefficient (Wildman–Crippen LogP) is 2.96. The van der Waals surface area contributed by atoms with Gasteiger partial charge < -0.3 is 30.5 Å². The molecule has 0 fully saturated rings. The topological polar surface area (TPSA) is 128 Å². The van der Waals surface area contributed by atoms with E-state index in [1.165, 1.54) is 17.0 Å². The van der Waals surface area contributed by atoms with Crippen LogP contribution in [-0.2, 0) is 20.9 Å². The minimum Gasteiger partial charge on any atom is -0.508 e. The average Bonchev–Trinajstić information content (AvgIpc) is 2.82. The highest BCUT2D eigenvalue weighted by Gasteiger charge is 2.35. The van der Waals surface area contributed by atoms with Gasteiger partial charge in [0.2, 0.25) is 11.8 Å². The monoisotopic (exact) mass is 497 g/mol. The van der Waals surface area contributed by atoms with Gasteiger partial charge in [0, 0.05) is 13.1 Å². The van der Waals surface area contributed by atoms with Crippen molar-refractivity contribution in [1.82, 2.24) is 15.5 Å². The first-order valence-electron chi connectivity index (χ1n) is 11.6. The first-order chi connectivity index (χ1) is 17.0. The lowest BCUT2D eigenvalue weighted by Crippen LogP contribution is -2.54. The van der Waals surface area contributed by atoms with Gasteiger partial charge in [-0.05, 0) is 56.5 Å². The van der Waals surface area contributed by atoms with E-state index in [1.807, 2.05) is 30.3 Å². The molecule has 2 aromatic rings. The van der Waals surface area contributed by atoms with Gasteiger partial charge in [-0.25, -0.2) is 4.79 Å². The normalized spacial score (nSPS) is 12.7. The molecule has 0 spiro atoms. The van der Waals surface area contributed by atoms with Crippen molar-refractivity contribution in [3.05, 3.63) is 77.9 Å². The molecular weight excluding hydrogens is 462 g/mol. The lowest BCUT2D eigenvalue weighted by atomic mass is 10.00. The predicted molar refractivity (Wildman–Crippen MR) is 136 cm³/mol. The standard InChI is InChI=1S/C27H35N3O6/c1-6-14-30(25(34)21(17-31)29-26(35)36-27(3,4)5)23(20-12-13-22(32)18(2)15-20)24(33)28-16-19-10-8-7-9-11-19/h6-13,15,21,23,31-32H,1,14,16-17H2,2-5H3,(H,28,33)(H,29,35). The van der Waals surface area contributed by atoms with Crippen molar-refractivity contribution < 1.29 is 29.3 Å².